The van der Waals surface area contributed by atoms with Gasteiger partial charge in [0.1, 0.15) is 0 Å². The first-order valence-corrected chi connectivity index (χ1v) is 6.80. The Bertz CT molecular complexity index is 572. The molecular formula is C17H19LiN2O. The SMILES string of the molecule is CC[N-]C(c1ccccc1)c1ccccc1C(=O)NC.[Li+]. The van der Waals surface area contributed by atoms with Gasteiger partial charge in [-0.3, -0.25) is 4.79 Å². The van der Waals surface area contributed by atoms with Gasteiger partial charge in [0.15, 0.2) is 0 Å². The van der Waals surface area contributed by atoms with Crippen LogP contribution in [0.25, 0.3) is 5.32 Å². The summed E-state index contributed by atoms with van der Waals surface area (Å²) in [7, 11) is 1.65. The smallest absolute Gasteiger partial charge is 0.652 e. The number of amides is 1. The summed E-state index contributed by atoms with van der Waals surface area (Å²) in [5.41, 5.74) is 2.73. The Labute approximate surface area is 138 Å². The van der Waals surface area contributed by atoms with Gasteiger partial charge in [0.05, 0.1) is 0 Å². The van der Waals surface area contributed by atoms with E-state index in [1.54, 1.807) is 7.05 Å². The molecule has 0 bridgehead atoms. The van der Waals surface area contributed by atoms with Gasteiger partial charge in [-0.2, -0.15) is 6.54 Å². The molecule has 2 aromatic carbocycles. The standard InChI is InChI=1S/C17H19N2O.Li/c1-3-19-16(13-9-5-4-6-10-13)14-11-7-8-12-15(14)17(20)18-2;/h4-12,16H,3H2,1-2H3,(H,18,20);/q-1;+1. The topological polar surface area (TPSA) is 43.2 Å². The fourth-order valence-electron chi connectivity index (χ4n) is 2.28. The van der Waals surface area contributed by atoms with E-state index in [1.807, 2.05) is 61.5 Å². The zero-order valence-corrected chi connectivity index (χ0v) is 12.8. The van der Waals surface area contributed by atoms with Crippen LogP contribution in [0.5, 0.6) is 0 Å². The molecule has 0 radical (unpaired) electrons. The fraction of sp³-hybridized carbons (Fsp3) is 0.235. The van der Waals surface area contributed by atoms with Crippen molar-refractivity contribution in [3.8, 4) is 0 Å². The van der Waals surface area contributed by atoms with E-state index in [-0.39, 0.29) is 30.8 Å². The molecule has 1 N–H and O–H groups in total. The predicted octanol–water partition coefficient (Wildman–Crippen LogP) is 0.533. The van der Waals surface area contributed by atoms with E-state index >= 15 is 0 Å². The van der Waals surface area contributed by atoms with E-state index in [0.717, 1.165) is 11.1 Å². The summed E-state index contributed by atoms with van der Waals surface area (Å²) in [6.45, 7) is 2.72. The molecule has 1 unspecified atom stereocenters. The average Bonchev–Trinajstić information content (AvgIpc) is 2.53. The number of benzene rings is 2. The molecule has 0 saturated carbocycles. The maximum atomic E-state index is 12.0. The van der Waals surface area contributed by atoms with Crippen molar-refractivity contribution in [2.24, 2.45) is 0 Å². The van der Waals surface area contributed by atoms with Crippen LogP contribution in [0.1, 0.15) is 34.5 Å². The minimum absolute atomic E-state index is 0. The molecule has 4 heteroatoms. The van der Waals surface area contributed by atoms with Gasteiger partial charge in [-0.05, 0) is 11.6 Å². The predicted molar refractivity (Wildman–Crippen MR) is 82.0 cm³/mol. The van der Waals surface area contributed by atoms with Crippen LogP contribution in [-0.4, -0.2) is 19.5 Å². The Balaban J connectivity index is 0.00000220. The second kappa shape index (κ2) is 8.69. The third kappa shape index (κ3) is 4.22. The Morgan fingerprint density at radius 3 is 2.33 bits per heavy atom. The molecule has 21 heavy (non-hydrogen) atoms. The van der Waals surface area contributed by atoms with Crippen LogP contribution in [0.3, 0.4) is 0 Å². The van der Waals surface area contributed by atoms with E-state index in [2.05, 4.69) is 10.6 Å². The molecule has 0 aromatic heterocycles. The monoisotopic (exact) mass is 274 g/mol. The van der Waals surface area contributed by atoms with Crippen LogP contribution in [-0.2, 0) is 0 Å². The molecule has 2 aromatic rings. The number of hydrogen-bond donors (Lipinski definition) is 1. The quantitative estimate of drug-likeness (QED) is 0.794. The molecule has 1 atom stereocenters. The van der Waals surface area contributed by atoms with Gasteiger partial charge in [-0.1, -0.05) is 67.1 Å². The van der Waals surface area contributed by atoms with Gasteiger partial charge in [-0.25, -0.2) is 0 Å². The van der Waals surface area contributed by atoms with Crippen molar-refractivity contribution in [2.45, 2.75) is 13.0 Å². The van der Waals surface area contributed by atoms with E-state index in [0.29, 0.717) is 12.1 Å². The van der Waals surface area contributed by atoms with Crippen LogP contribution in [0.4, 0.5) is 0 Å². The van der Waals surface area contributed by atoms with Crippen LogP contribution in [0.2, 0.25) is 0 Å². The van der Waals surface area contributed by atoms with Gasteiger partial charge in [0.25, 0.3) is 5.91 Å². The Morgan fingerprint density at radius 2 is 1.71 bits per heavy atom. The molecule has 1 amide bonds. The molecule has 3 nitrogen and oxygen atoms in total. The molecule has 0 aliphatic carbocycles. The molecule has 0 heterocycles. The van der Waals surface area contributed by atoms with Gasteiger partial charge in [0, 0.05) is 12.6 Å². The maximum Gasteiger partial charge on any atom is 1.00 e. The minimum atomic E-state index is -0.102. The van der Waals surface area contributed by atoms with Crippen LogP contribution in [0.15, 0.2) is 54.6 Å². The second-order valence-corrected chi connectivity index (χ2v) is 4.48. The van der Waals surface area contributed by atoms with Crippen molar-refractivity contribution in [3.05, 3.63) is 76.6 Å². The summed E-state index contributed by atoms with van der Waals surface area (Å²) in [6, 6.07) is 17.6. The Morgan fingerprint density at radius 1 is 1.10 bits per heavy atom. The number of carbonyl (C=O) groups is 1. The van der Waals surface area contributed by atoms with Crippen molar-refractivity contribution in [1.29, 1.82) is 0 Å². The zero-order valence-electron chi connectivity index (χ0n) is 12.8. The van der Waals surface area contributed by atoms with Crippen molar-refractivity contribution in [3.63, 3.8) is 0 Å². The largest absolute Gasteiger partial charge is 1.00 e. The second-order valence-electron chi connectivity index (χ2n) is 4.48. The number of carbonyl (C=O) groups excluding carboxylic acids is 1. The van der Waals surface area contributed by atoms with Gasteiger partial charge < -0.3 is 10.6 Å². The molecule has 0 aliphatic heterocycles. The first-order valence-electron chi connectivity index (χ1n) is 6.80. The van der Waals surface area contributed by atoms with Gasteiger partial charge in [-0.15, -0.1) is 0 Å². The molecule has 0 saturated heterocycles. The number of nitrogens with zero attached hydrogens (tertiary/aromatic N) is 1. The third-order valence-electron chi connectivity index (χ3n) is 3.21. The Kier molecular flexibility index (Phi) is 7.25. The number of nitrogens with one attached hydrogen (secondary N) is 1. The summed E-state index contributed by atoms with van der Waals surface area (Å²) in [4.78, 5) is 12.0. The maximum absolute atomic E-state index is 12.0. The van der Waals surface area contributed by atoms with Gasteiger partial charge in [0.2, 0.25) is 0 Å². The minimum Gasteiger partial charge on any atom is -0.652 e. The van der Waals surface area contributed by atoms with Crippen molar-refractivity contribution in [2.75, 3.05) is 13.6 Å². The summed E-state index contributed by atoms with van der Waals surface area (Å²) in [5.74, 6) is -0.0761. The van der Waals surface area contributed by atoms with E-state index < -0.39 is 0 Å². The molecule has 0 aliphatic rings. The van der Waals surface area contributed by atoms with Gasteiger partial charge >= 0.3 is 18.9 Å². The fourth-order valence-corrected chi connectivity index (χ4v) is 2.28. The number of hydrogen-bond acceptors (Lipinski definition) is 1. The Hall–Kier alpha value is -1.53. The van der Waals surface area contributed by atoms with Crippen molar-refractivity contribution < 1.29 is 23.7 Å². The molecule has 0 spiro atoms. The first kappa shape index (κ1) is 17.5. The van der Waals surface area contributed by atoms with Crippen molar-refractivity contribution >= 4 is 5.91 Å². The van der Waals surface area contributed by atoms with Crippen LogP contribution < -0.4 is 24.2 Å². The van der Waals surface area contributed by atoms with E-state index in [1.165, 1.54) is 0 Å². The molecule has 0 fully saturated rings. The molecule has 104 valence electrons. The van der Waals surface area contributed by atoms with Crippen molar-refractivity contribution in [1.82, 2.24) is 5.32 Å². The summed E-state index contributed by atoms with van der Waals surface area (Å²) < 4.78 is 0. The molecule has 2 rings (SSSR count). The van der Waals surface area contributed by atoms with Crippen LogP contribution in [0, 0.1) is 0 Å². The van der Waals surface area contributed by atoms with E-state index in [9.17, 15) is 4.79 Å². The van der Waals surface area contributed by atoms with Crippen LogP contribution >= 0.6 is 0 Å². The normalized spacial score (nSPS) is 11.3. The summed E-state index contributed by atoms with van der Waals surface area (Å²) >= 11 is 0. The zero-order chi connectivity index (χ0) is 14.4. The third-order valence-corrected chi connectivity index (χ3v) is 3.21. The summed E-state index contributed by atoms with van der Waals surface area (Å²) in [6.07, 6.45) is 0. The van der Waals surface area contributed by atoms with E-state index in [4.69, 9.17) is 0 Å². The summed E-state index contributed by atoms with van der Waals surface area (Å²) in [5, 5.41) is 7.35. The number of rotatable bonds is 5. The first-order chi connectivity index (χ1) is 9.77. The molecular weight excluding hydrogens is 255 g/mol. The average molecular weight is 274 g/mol.